The number of nitrogens with zero attached hydrogens (tertiary/aromatic N) is 13. The Bertz CT molecular complexity index is 5540. The Morgan fingerprint density at radius 3 is 1.05 bits per heavy atom. The van der Waals surface area contributed by atoms with Gasteiger partial charge in [-0.15, -0.1) is 0 Å². The normalized spacial score (nSPS) is 18.0. The number of benzene rings is 7. The van der Waals surface area contributed by atoms with Crippen LogP contribution >= 0.6 is 12.2 Å². The van der Waals surface area contributed by atoms with Gasteiger partial charge in [0.1, 0.15) is 23.1 Å². The van der Waals surface area contributed by atoms with Gasteiger partial charge < -0.3 is 52.6 Å². The van der Waals surface area contributed by atoms with Gasteiger partial charge in [0.05, 0.1) is 54.8 Å². The van der Waals surface area contributed by atoms with Crippen molar-refractivity contribution < 1.29 is 54.0 Å². The molecule has 7 aromatic carbocycles. The van der Waals surface area contributed by atoms with Gasteiger partial charge in [0, 0.05) is 176 Å². The molecule has 0 spiro atoms. The highest BCUT2D eigenvalue weighted by Crippen LogP contribution is 2.47. The molecule has 8 bridgehead atoms. The minimum atomic E-state index is -0.547. The number of amides is 8. The van der Waals surface area contributed by atoms with Crippen molar-refractivity contribution in [2.24, 2.45) is 0 Å². The van der Waals surface area contributed by atoms with Crippen LogP contribution in [-0.2, 0) is 66.7 Å². The fraction of sp³-hybridized carbons (Fsp3) is 0.239. The summed E-state index contributed by atoms with van der Waals surface area (Å²) < 4.78 is 8.98. The first-order valence-corrected chi connectivity index (χ1v) is 40.1. The SMILES string of the molecule is C=C1N2Cc3c(c4ccccc4n3Cc3ccc(C(=O)NO)cc3)C(C2)C(=O)N1C.C=C1N2Cc3c(c4ccccc4n3Cc3ccc(C(=O)NO)cc3)C(C2)C(=O)N1C.C=C1N2Cc3c(c4cccnc4n3Cc3ccc(C(=O)NO)cc3)C(C2)C(=O)N1C.CCC(=O)c1ccc(Cn2c3c(c4ccccc42)C2CN(C3)C(=O)N(C)C2=S)cc1. The van der Waals surface area contributed by atoms with Crippen LogP contribution in [0.4, 0.5) is 4.79 Å². The molecule has 28 heteroatoms. The minimum absolute atomic E-state index is 0.0267. The molecule has 0 radical (unpaired) electrons. The summed E-state index contributed by atoms with van der Waals surface area (Å²) in [6.45, 7) is 21.9. The number of likely N-dealkylation sites (N-methyl/N-ethyl adjacent to an activating group) is 4. The fourth-order valence-electron chi connectivity index (χ4n) is 18.6. The highest BCUT2D eigenvalue weighted by Gasteiger charge is 2.47. The number of fused-ring (bicyclic) bond motifs is 24. The number of ketones is 1. The van der Waals surface area contributed by atoms with Crippen LogP contribution in [0, 0.1) is 0 Å². The number of pyridine rings is 1. The zero-order valence-corrected chi connectivity index (χ0v) is 67.7. The number of urea groups is 1. The number of rotatable bonds is 13. The van der Waals surface area contributed by atoms with Gasteiger partial charge in [0.15, 0.2) is 5.78 Å². The van der Waals surface area contributed by atoms with Crippen molar-refractivity contribution in [2.45, 2.75) is 89.4 Å². The molecule has 8 amide bonds. The monoisotopic (exact) mass is 1620 g/mol. The second-order valence-corrected chi connectivity index (χ2v) is 31.9. The first-order chi connectivity index (χ1) is 58.0. The summed E-state index contributed by atoms with van der Waals surface area (Å²) in [5, 5.41) is 30.9. The number of nitrogens with one attached hydrogen (secondary N) is 3. The zero-order chi connectivity index (χ0) is 84.0. The summed E-state index contributed by atoms with van der Waals surface area (Å²) in [5.41, 5.74) is 24.2. The van der Waals surface area contributed by atoms with E-state index < -0.39 is 17.7 Å². The van der Waals surface area contributed by atoms with Gasteiger partial charge in [-0.1, -0.05) is 154 Å². The van der Waals surface area contributed by atoms with E-state index in [4.69, 9.17) is 27.8 Å². The smallest absolute Gasteiger partial charge is 0.325 e. The number of carbonyl (C=O) groups is 8. The largest absolute Gasteiger partial charge is 0.351 e. The standard InChI is InChI=1S/C24H23N3O2S.2C23H22N4O3.C22H21N5O3/c1-3-21(28)16-10-8-15(9-11-16)12-27-19-7-5-4-6-17(19)22-18-13-26(14-20(22)27)24(29)25(2)23(18)30;2*1-14-25(2)23(29)18-12-26(14)13-20-21(18)17-5-3-4-6-19(17)27(20)11-15-7-9-16(10-8-15)22(28)24-30;1-13-25(2)22(29)17-11-26(13)12-18-19(17)16-4-3-9-23-20(16)27(18)10-14-5-7-15(8-6-14)21(28)24-30/h4-11,18H,3,12-14H2,1-2H3;2*3-10,18,30H,1,11-13H2,2H3,(H,24,28);3-9,17,30H,1,10-12H2,2H3,(H,24,28). The quantitative estimate of drug-likeness (QED) is 0.0271. The lowest BCUT2D eigenvalue weighted by atomic mass is 9.89. The van der Waals surface area contributed by atoms with Gasteiger partial charge in [-0.25, -0.2) is 26.2 Å². The molecule has 8 aliphatic rings. The fourth-order valence-corrected chi connectivity index (χ4v) is 18.9. The van der Waals surface area contributed by atoms with Crippen molar-refractivity contribution >= 4 is 108 Å². The van der Waals surface area contributed by atoms with E-state index in [1.807, 2.05) is 109 Å². The number of para-hydroxylation sites is 3. The lowest BCUT2D eigenvalue weighted by molar-refractivity contribution is -0.135. The Labute approximate surface area is 695 Å². The molecule has 27 nitrogen and oxygen atoms in total. The van der Waals surface area contributed by atoms with Crippen molar-refractivity contribution in [1.82, 2.24) is 78.9 Å². The number of hydrogen-bond acceptors (Lipinski definition) is 16. The molecule has 12 aromatic rings. The molecule has 5 aromatic heterocycles. The Hall–Kier alpha value is -13.8. The maximum absolute atomic E-state index is 13.0. The van der Waals surface area contributed by atoms with Crippen molar-refractivity contribution in [3.63, 3.8) is 0 Å². The molecule has 0 aliphatic carbocycles. The van der Waals surface area contributed by atoms with Crippen LogP contribution < -0.4 is 16.4 Å². The molecule has 608 valence electrons. The molecule has 8 aliphatic heterocycles. The predicted molar refractivity (Wildman–Crippen MR) is 454 cm³/mol. The lowest BCUT2D eigenvalue weighted by Crippen LogP contribution is -2.55. The Balaban J connectivity index is 0.000000114. The average Bonchev–Trinajstić information content (AvgIpc) is 1.58. The number of thiocarbonyl (C=S) groups is 1. The van der Waals surface area contributed by atoms with Crippen LogP contribution in [0.25, 0.3) is 43.7 Å². The van der Waals surface area contributed by atoms with E-state index >= 15 is 0 Å². The lowest BCUT2D eigenvalue weighted by Gasteiger charge is -2.44. The van der Waals surface area contributed by atoms with Crippen LogP contribution in [0.3, 0.4) is 0 Å². The van der Waals surface area contributed by atoms with Crippen molar-refractivity contribution in [1.29, 1.82) is 0 Å². The molecule has 6 N–H and O–H groups in total. The van der Waals surface area contributed by atoms with E-state index in [1.54, 1.807) is 107 Å². The number of hydroxylamine groups is 3. The van der Waals surface area contributed by atoms with Crippen LogP contribution in [0.15, 0.2) is 225 Å². The number of carbonyl (C=O) groups excluding carboxylic acids is 8. The van der Waals surface area contributed by atoms with Gasteiger partial charge in [0.2, 0.25) is 17.7 Å². The van der Waals surface area contributed by atoms with Gasteiger partial charge >= 0.3 is 6.03 Å². The van der Waals surface area contributed by atoms with E-state index in [0.29, 0.717) is 112 Å². The van der Waals surface area contributed by atoms with Crippen LogP contribution in [0.2, 0.25) is 0 Å². The summed E-state index contributed by atoms with van der Waals surface area (Å²) in [4.78, 5) is 119. The van der Waals surface area contributed by atoms with Crippen LogP contribution in [-0.4, -0.2) is 185 Å². The second-order valence-electron chi connectivity index (χ2n) is 31.5. The number of Topliss-reactive ketones (excluding diaryl/α,β-unsaturated/α-hetero) is 1. The summed E-state index contributed by atoms with van der Waals surface area (Å²) >= 11 is 5.68. The summed E-state index contributed by atoms with van der Waals surface area (Å²) in [6, 6.07) is 57.9. The third kappa shape index (κ3) is 13.5. The van der Waals surface area contributed by atoms with Crippen molar-refractivity contribution in [3.8, 4) is 0 Å². The van der Waals surface area contributed by atoms with Crippen molar-refractivity contribution in [3.05, 3.63) is 315 Å². The predicted octanol–water partition coefficient (Wildman–Crippen LogP) is 11.9. The maximum Gasteiger partial charge on any atom is 0.325 e. The minimum Gasteiger partial charge on any atom is -0.351 e. The molecule has 20 rings (SSSR count). The first-order valence-electron chi connectivity index (χ1n) is 39.7. The number of aromatic nitrogens is 5. The van der Waals surface area contributed by atoms with E-state index in [0.717, 1.165) is 117 Å². The Morgan fingerprint density at radius 1 is 0.392 bits per heavy atom. The van der Waals surface area contributed by atoms with Gasteiger partial charge in [-0.3, -0.25) is 54.1 Å². The molecule has 120 heavy (non-hydrogen) atoms. The van der Waals surface area contributed by atoms with Gasteiger partial charge in [-0.2, -0.15) is 0 Å². The second kappa shape index (κ2) is 31.6. The summed E-state index contributed by atoms with van der Waals surface area (Å²) in [7, 11) is 7.12. The topological polar surface area (TPSA) is 292 Å². The molecule has 4 atom stereocenters. The van der Waals surface area contributed by atoms with Gasteiger partial charge in [-0.05, 0) is 111 Å². The van der Waals surface area contributed by atoms with E-state index in [-0.39, 0.29) is 53.2 Å². The summed E-state index contributed by atoms with van der Waals surface area (Å²) in [5.74, 6) is 0.336. The van der Waals surface area contributed by atoms with E-state index in [9.17, 15) is 38.4 Å². The maximum atomic E-state index is 13.0. The summed E-state index contributed by atoms with van der Waals surface area (Å²) in [6.07, 6.45) is 2.27. The Kier molecular flexibility index (Phi) is 20.7. The highest BCUT2D eigenvalue weighted by atomic mass is 32.1. The molecule has 13 heterocycles. The van der Waals surface area contributed by atoms with Crippen molar-refractivity contribution in [2.75, 3.05) is 54.4 Å². The molecular formula is C92H88N16O11S. The number of hydrogen-bond donors (Lipinski definition) is 6. The average molecular weight is 1630 g/mol. The Morgan fingerprint density at radius 2 is 0.692 bits per heavy atom. The molecule has 4 unspecified atom stereocenters. The zero-order valence-electron chi connectivity index (χ0n) is 66.9. The molecule has 4 fully saturated rings. The molecule has 4 saturated heterocycles. The first kappa shape index (κ1) is 78.7. The van der Waals surface area contributed by atoms with Gasteiger partial charge in [0.25, 0.3) is 17.7 Å². The van der Waals surface area contributed by atoms with Crippen LogP contribution in [0.5, 0.6) is 0 Å². The van der Waals surface area contributed by atoms with E-state index in [2.05, 4.69) is 106 Å². The third-order valence-electron chi connectivity index (χ3n) is 24.9. The molecule has 0 saturated carbocycles. The highest BCUT2D eigenvalue weighted by molar-refractivity contribution is 7.80. The van der Waals surface area contributed by atoms with E-state index in [1.165, 1.54) is 10.9 Å². The molecular weight excluding hydrogens is 1540 g/mol. The third-order valence-corrected chi connectivity index (χ3v) is 25.5. The van der Waals surface area contributed by atoms with Crippen LogP contribution in [0.1, 0.15) is 146 Å².